The zero-order valence-electron chi connectivity index (χ0n) is 10.2. The third-order valence-corrected chi connectivity index (χ3v) is 3.33. The summed E-state index contributed by atoms with van der Waals surface area (Å²) in [5, 5.41) is 1.33. The summed E-state index contributed by atoms with van der Waals surface area (Å²) in [6.07, 6.45) is 4.43. The number of rotatable bonds is 4. The summed E-state index contributed by atoms with van der Waals surface area (Å²) >= 11 is 0. The first-order valence-corrected chi connectivity index (χ1v) is 5.65. The highest BCUT2D eigenvalue weighted by Crippen LogP contribution is 2.26. The molecule has 1 fully saturated rings. The Morgan fingerprint density at radius 1 is 1.53 bits per heavy atom. The van der Waals surface area contributed by atoms with Gasteiger partial charge in [-0.05, 0) is 26.3 Å². The third-order valence-electron chi connectivity index (χ3n) is 3.33. The summed E-state index contributed by atoms with van der Waals surface area (Å²) in [6, 6.07) is 0.570. The highest BCUT2D eigenvalue weighted by Gasteiger charge is 2.36. The predicted octanol–water partition coefficient (Wildman–Crippen LogP) is 1.27. The molecule has 0 aromatic rings. The van der Waals surface area contributed by atoms with Crippen LogP contribution in [0.4, 0.5) is 0 Å². The molecule has 4 heteroatoms. The molecule has 1 aliphatic heterocycles. The standard InChI is InChI=1S/C11H22N2O2/c1-5-6-9-7-8-10(12(9)2)11(14)13(3)15-4/h9-10H,5-8H2,1-4H3/t9-,10+/m1/s1. The van der Waals surface area contributed by atoms with Gasteiger partial charge >= 0.3 is 0 Å². The zero-order valence-corrected chi connectivity index (χ0v) is 10.2. The molecule has 0 bridgehead atoms. The van der Waals surface area contributed by atoms with Crippen LogP contribution in [0.2, 0.25) is 0 Å². The second-order valence-electron chi connectivity index (χ2n) is 4.22. The molecule has 15 heavy (non-hydrogen) atoms. The Labute approximate surface area is 92.1 Å². The molecule has 0 aromatic carbocycles. The molecule has 2 atom stereocenters. The highest BCUT2D eigenvalue weighted by atomic mass is 16.7. The number of amides is 1. The van der Waals surface area contributed by atoms with E-state index >= 15 is 0 Å². The van der Waals surface area contributed by atoms with E-state index < -0.39 is 0 Å². The van der Waals surface area contributed by atoms with Crippen LogP contribution in [0, 0.1) is 0 Å². The third kappa shape index (κ3) is 2.69. The summed E-state index contributed by atoms with van der Waals surface area (Å²) in [5.74, 6) is 0.0682. The zero-order chi connectivity index (χ0) is 11.4. The lowest BCUT2D eigenvalue weighted by molar-refractivity contribution is -0.173. The van der Waals surface area contributed by atoms with Gasteiger partial charge < -0.3 is 0 Å². The number of nitrogens with zero attached hydrogens (tertiary/aromatic N) is 2. The first-order valence-electron chi connectivity index (χ1n) is 5.65. The number of carbonyl (C=O) groups excluding carboxylic acids is 1. The number of hydroxylamine groups is 2. The molecule has 1 amide bonds. The Hall–Kier alpha value is -0.610. The summed E-state index contributed by atoms with van der Waals surface area (Å²) in [4.78, 5) is 19.0. The van der Waals surface area contributed by atoms with Gasteiger partial charge in [0.05, 0.1) is 13.2 Å². The van der Waals surface area contributed by atoms with Crippen molar-refractivity contribution in [1.82, 2.24) is 9.96 Å². The maximum absolute atomic E-state index is 11.9. The molecule has 1 rings (SSSR count). The largest absolute Gasteiger partial charge is 0.292 e. The van der Waals surface area contributed by atoms with E-state index in [1.54, 1.807) is 7.05 Å². The monoisotopic (exact) mass is 214 g/mol. The van der Waals surface area contributed by atoms with Gasteiger partial charge in [-0.15, -0.1) is 0 Å². The molecule has 0 aliphatic carbocycles. The molecule has 1 aliphatic rings. The number of likely N-dealkylation sites (tertiary alicyclic amines) is 1. The Morgan fingerprint density at radius 3 is 2.73 bits per heavy atom. The molecule has 0 radical (unpaired) electrons. The van der Waals surface area contributed by atoms with Gasteiger partial charge in [-0.25, -0.2) is 5.06 Å². The fourth-order valence-corrected chi connectivity index (χ4v) is 2.29. The normalized spacial score (nSPS) is 26.9. The second-order valence-corrected chi connectivity index (χ2v) is 4.22. The maximum Gasteiger partial charge on any atom is 0.263 e. The highest BCUT2D eigenvalue weighted by molar-refractivity contribution is 5.81. The number of hydrogen-bond acceptors (Lipinski definition) is 3. The molecule has 0 aromatic heterocycles. The van der Waals surface area contributed by atoms with Crippen LogP contribution < -0.4 is 0 Å². The maximum atomic E-state index is 11.9. The minimum absolute atomic E-state index is 0.00602. The van der Waals surface area contributed by atoms with E-state index in [2.05, 4.69) is 11.8 Å². The summed E-state index contributed by atoms with van der Waals surface area (Å²) in [5.41, 5.74) is 0. The van der Waals surface area contributed by atoms with Crippen LogP contribution in [0.15, 0.2) is 0 Å². The minimum atomic E-state index is 0.00602. The van der Waals surface area contributed by atoms with Crippen LogP contribution in [-0.4, -0.2) is 49.2 Å². The SMILES string of the molecule is CCC[C@@H]1CC[C@@H](C(=O)N(C)OC)N1C. The van der Waals surface area contributed by atoms with E-state index in [9.17, 15) is 4.79 Å². The van der Waals surface area contributed by atoms with Gasteiger partial charge in [0.1, 0.15) is 0 Å². The molecule has 0 spiro atoms. The van der Waals surface area contributed by atoms with E-state index in [4.69, 9.17) is 4.84 Å². The molecule has 1 saturated heterocycles. The minimum Gasteiger partial charge on any atom is -0.292 e. The van der Waals surface area contributed by atoms with E-state index in [1.807, 2.05) is 7.05 Å². The molecule has 4 nitrogen and oxygen atoms in total. The predicted molar refractivity (Wildman–Crippen MR) is 59.3 cm³/mol. The topological polar surface area (TPSA) is 32.8 Å². The van der Waals surface area contributed by atoms with Crippen LogP contribution in [0.5, 0.6) is 0 Å². The quantitative estimate of drug-likeness (QED) is 0.661. The van der Waals surface area contributed by atoms with Crippen LogP contribution in [0.25, 0.3) is 0 Å². The average Bonchev–Trinajstić information content (AvgIpc) is 2.59. The molecule has 0 saturated carbocycles. The molecule has 0 unspecified atom stereocenters. The van der Waals surface area contributed by atoms with Gasteiger partial charge in [-0.1, -0.05) is 13.3 Å². The lowest BCUT2D eigenvalue weighted by Gasteiger charge is -2.27. The first kappa shape index (κ1) is 12.5. The summed E-state index contributed by atoms with van der Waals surface area (Å²) < 4.78 is 0. The molecule has 1 heterocycles. The van der Waals surface area contributed by atoms with Gasteiger partial charge in [-0.3, -0.25) is 14.5 Å². The van der Waals surface area contributed by atoms with Crippen molar-refractivity contribution in [3.05, 3.63) is 0 Å². The fourth-order valence-electron chi connectivity index (χ4n) is 2.29. The number of likely N-dealkylation sites (N-methyl/N-ethyl adjacent to an activating group) is 2. The van der Waals surface area contributed by atoms with Gasteiger partial charge in [0.2, 0.25) is 0 Å². The Bertz CT molecular complexity index is 221. The number of carbonyl (C=O) groups is 1. The van der Waals surface area contributed by atoms with Gasteiger partial charge in [0.25, 0.3) is 5.91 Å². The number of hydrogen-bond donors (Lipinski definition) is 0. The van der Waals surface area contributed by atoms with Crippen molar-refractivity contribution in [1.29, 1.82) is 0 Å². The summed E-state index contributed by atoms with van der Waals surface area (Å²) in [6.45, 7) is 2.18. The van der Waals surface area contributed by atoms with Gasteiger partial charge in [0.15, 0.2) is 0 Å². The van der Waals surface area contributed by atoms with Crippen molar-refractivity contribution in [2.45, 2.75) is 44.7 Å². The van der Waals surface area contributed by atoms with Crippen molar-refractivity contribution in [3.63, 3.8) is 0 Å². The van der Waals surface area contributed by atoms with Crippen molar-refractivity contribution < 1.29 is 9.63 Å². The Morgan fingerprint density at radius 2 is 2.20 bits per heavy atom. The van der Waals surface area contributed by atoms with Crippen molar-refractivity contribution >= 4 is 5.91 Å². The van der Waals surface area contributed by atoms with Crippen LogP contribution >= 0.6 is 0 Å². The van der Waals surface area contributed by atoms with E-state index in [0.717, 1.165) is 12.8 Å². The van der Waals surface area contributed by atoms with Crippen molar-refractivity contribution in [2.75, 3.05) is 21.2 Å². The van der Waals surface area contributed by atoms with Gasteiger partial charge in [0, 0.05) is 13.1 Å². The molecule has 88 valence electrons. The Balaban J connectivity index is 2.55. The van der Waals surface area contributed by atoms with E-state index in [-0.39, 0.29) is 11.9 Å². The summed E-state index contributed by atoms with van der Waals surface area (Å²) in [7, 11) is 5.24. The van der Waals surface area contributed by atoms with Crippen LogP contribution in [-0.2, 0) is 9.63 Å². The fraction of sp³-hybridized carbons (Fsp3) is 0.909. The lowest BCUT2D eigenvalue weighted by atomic mass is 10.1. The Kier molecular flexibility index (Phi) is 4.54. The van der Waals surface area contributed by atoms with Crippen LogP contribution in [0.3, 0.4) is 0 Å². The smallest absolute Gasteiger partial charge is 0.263 e. The lowest BCUT2D eigenvalue weighted by Crippen LogP contribution is -2.44. The molecular formula is C11H22N2O2. The van der Waals surface area contributed by atoms with E-state index in [0.29, 0.717) is 6.04 Å². The average molecular weight is 214 g/mol. The van der Waals surface area contributed by atoms with Crippen LogP contribution in [0.1, 0.15) is 32.6 Å². The second kappa shape index (κ2) is 5.47. The van der Waals surface area contributed by atoms with Crippen molar-refractivity contribution in [3.8, 4) is 0 Å². The van der Waals surface area contributed by atoms with Gasteiger partial charge in [-0.2, -0.15) is 0 Å². The van der Waals surface area contributed by atoms with Crippen molar-refractivity contribution in [2.24, 2.45) is 0 Å². The first-order chi connectivity index (χ1) is 7.11. The van der Waals surface area contributed by atoms with E-state index in [1.165, 1.54) is 25.0 Å². The molecular weight excluding hydrogens is 192 g/mol. The molecule has 0 N–H and O–H groups in total.